The maximum absolute atomic E-state index is 11.3. The highest BCUT2D eigenvalue weighted by molar-refractivity contribution is 5.76. The largest absolute Gasteiger partial charge is 0.480 e. The Balaban J connectivity index is 2.25. The summed E-state index contributed by atoms with van der Waals surface area (Å²) in [6.45, 7) is 0.361. The Morgan fingerprint density at radius 2 is 2.16 bits per heavy atom. The molecule has 1 fully saturated rings. The predicted molar refractivity (Wildman–Crippen MR) is 67.0 cm³/mol. The number of aldehydes is 1. The van der Waals surface area contributed by atoms with Crippen LogP contribution >= 0.6 is 0 Å². The minimum absolute atomic E-state index is 0.197. The van der Waals surface area contributed by atoms with Crippen molar-refractivity contribution in [2.45, 2.75) is 25.0 Å². The Kier molecular flexibility index (Phi) is 3.93. The summed E-state index contributed by atoms with van der Waals surface area (Å²) in [5.74, 6) is -1.54. The average molecular weight is 258 g/mol. The molecule has 1 saturated heterocycles. The highest BCUT2D eigenvalue weighted by Gasteiger charge is 2.44. The van der Waals surface area contributed by atoms with Crippen LogP contribution in [0.3, 0.4) is 0 Å². The van der Waals surface area contributed by atoms with Crippen molar-refractivity contribution >= 4 is 12.3 Å². The van der Waals surface area contributed by atoms with Gasteiger partial charge in [-0.05, 0) is 12.0 Å². The molecule has 3 atom stereocenters. The zero-order valence-electron chi connectivity index (χ0n) is 10.3. The Hall–Kier alpha value is -2.19. The molecule has 2 rings (SSSR count). The van der Waals surface area contributed by atoms with Crippen molar-refractivity contribution in [2.24, 2.45) is 5.92 Å². The van der Waals surface area contributed by atoms with E-state index < -0.39 is 24.0 Å². The molecule has 0 radical (unpaired) electrons. The van der Waals surface area contributed by atoms with Crippen LogP contribution in [0.2, 0.25) is 0 Å². The molecule has 0 bridgehead atoms. The van der Waals surface area contributed by atoms with Crippen LogP contribution in [0, 0.1) is 17.2 Å². The van der Waals surface area contributed by atoms with Gasteiger partial charge in [-0.25, -0.2) is 0 Å². The summed E-state index contributed by atoms with van der Waals surface area (Å²) in [5, 5.41) is 18.2. The van der Waals surface area contributed by atoms with Crippen LogP contribution in [-0.4, -0.2) is 34.3 Å². The number of carbonyl (C=O) groups excluding carboxylic acids is 1. The molecule has 0 aromatic heterocycles. The van der Waals surface area contributed by atoms with E-state index in [0.717, 1.165) is 5.56 Å². The number of nitriles is 1. The molecule has 0 amide bonds. The minimum atomic E-state index is -0.986. The Labute approximate surface area is 111 Å². The number of hydrogen-bond acceptors (Lipinski definition) is 4. The van der Waals surface area contributed by atoms with E-state index >= 15 is 0 Å². The molecule has 1 heterocycles. The van der Waals surface area contributed by atoms with Crippen molar-refractivity contribution in [1.29, 1.82) is 5.26 Å². The lowest BCUT2D eigenvalue weighted by Gasteiger charge is -2.25. The number of carboxylic acid groups (broad SMARTS) is 1. The number of rotatable bonds is 4. The van der Waals surface area contributed by atoms with Gasteiger partial charge in [0, 0.05) is 6.54 Å². The first kappa shape index (κ1) is 13.2. The first-order chi connectivity index (χ1) is 9.17. The first-order valence-corrected chi connectivity index (χ1v) is 6.04. The van der Waals surface area contributed by atoms with Crippen molar-refractivity contribution in [3.05, 3.63) is 35.9 Å². The number of likely N-dealkylation sites (tertiary alicyclic amines) is 1. The standard InChI is InChI=1S/C14H14N2O3/c15-7-11-6-12(14(18)19)16(13(11)9-17)8-10-4-2-1-3-5-10/h1-5,9,11-13H,6,8H2,(H,18,19)/t11-,12+,13+/m0/s1. The van der Waals surface area contributed by atoms with E-state index in [0.29, 0.717) is 12.8 Å². The van der Waals surface area contributed by atoms with Crippen molar-refractivity contribution in [2.75, 3.05) is 0 Å². The maximum atomic E-state index is 11.3. The fourth-order valence-corrected chi connectivity index (χ4v) is 2.51. The number of hydrogen-bond donors (Lipinski definition) is 1. The molecule has 1 N–H and O–H groups in total. The van der Waals surface area contributed by atoms with Gasteiger partial charge in [0.1, 0.15) is 12.3 Å². The molecule has 5 nitrogen and oxygen atoms in total. The van der Waals surface area contributed by atoms with Crippen LogP contribution in [0.25, 0.3) is 0 Å². The quantitative estimate of drug-likeness (QED) is 0.816. The highest BCUT2D eigenvalue weighted by Crippen LogP contribution is 2.30. The SMILES string of the molecule is N#C[C@@H]1C[C@H](C(=O)O)N(Cc2ccccc2)[C@@H]1C=O. The number of aliphatic carboxylic acids is 1. The van der Waals surface area contributed by atoms with Gasteiger partial charge in [0.25, 0.3) is 0 Å². The van der Waals surface area contributed by atoms with Crippen LogP contribution in [0.4, 0.5) is 0 Å². The van der Waals surface area contributed by atoms with E-state index in [9.17, 15) is 14.7 Å². The summed E-state index contributed by atoms with van der Waals surface area (Å²) in [6, 6.07) is 9.95. The monoisotopic (exact) mass is 258 g/mol. The third kappa shape index (κ3) is 2.64. The zero-order valence-corrected chi connectivity index (χ0v) is 10.3. The summed E-state index contributed by atoms with van der Waals surface area (Å²) >= 11 is 0. The summed E-state index contributed by atoms with van der Waals surface area (Å²) in [6.07, 6.45) is 0.877. The molecule has 0 saturated carbocycles. The maximum Gasteiger partial charge on any atom is 0.320 e. The number of carboxylic acids is 1. The van der Waals surface area contributed by atoms with E-state index in [1.807, 2.05) is 36.4 Å². The lowest BCUT2D eigenvalue weighted by atomic mass is 10.0. The first-order valence-electron chi connectivity index (χ1n) is 6.04. The van der Waals surface area contributed by atoms with Gasteiger partial charge in [-0.3, -0.25) is 9.69 Å². The molecule has 0 unspecified atom stereocenters. The second-order valence-corrected chi connectivity index (χ2v) is 4.61. The second kappa shape index (κ2) is 5.63. The Morgan fingerprint density at radius 3 is 2.68 bits per heavy atom. The smallest absolute Gasteiger partial charge is 0.320 e. The van der Waals surface area contributed by atoms with E-state index in [1.165, 1.54) is 0 Å². The zero-order chi connectivity index (χ0) is 13.8. The topological polar surface area (TPSA) is 81.4 Å². The Bertz CT molecular complexity index is 509. The van der Waals surface area contributed by atoms with Crippen molar-refractivity contribution in [3.63, 3.8) is 0 Å². The highest BCUT2D eigenvalue weighted by atomic mass is 16.4. The predicted octanol–water partition coefficient (Wildman–Crippen LogP) is 1.05. The molecular formula is C14H14N2O3. The van der Waals surface area contributed by atoms with E-state index in [1.54, 1.807) is 4.90 Å². The van der Waals surface area contributed by atoms with Crippen LogP contribution in [-0.2, 0) is 16.1 Å². The summed E-state index contributed by atoms with van der Waals surface area (Å²) < 4.78 is 0. The van der Waals surface area contributed by atoms with E-state index in [2.05, 4.69) is 0 Å². The fourth-order valence-electron chi connectivity index (χ4n) is 2.51. The lowest BCUT2D eigenvalue weighted by molar-refractivity contribution is -0.143. The molecule has 98 valence electrons. The molecular weight excluding hydrogens is 244 g/mol. The lowest BCUT2D eigenvalue weighted by Crippen LogP contribution is -2.41. The van der Waals surface area contributed by atoms with Gasteiger partial charge in [-0.2, -0.15) is 5.26 Å². The molecule has 1 aliphatic rings. The van der Waals surface area contributed by atoms with Gasteiger partial charge in [0.2, 0.25) is 0 Å². The molecule has 19 heavy (non-hydrogen) atoms. The number of nitrogens with zero attached hydrogens (tertiary/aromatic N) is 2. The van der Waals surface area contributed by atoms with Gasteiger partial charge in [0.15, 0.2) is 0 Å². The molecule has 1 aromatic carbocycles. The van der Waals surface area contributed by atoms with E-state index in [-0.39, 0.29) is 6.42 Å². The summed E-state index contributed by atoms with van der Waals surface area (Å²) in [5.41, 5.74) is 0.930. The molecule has 5 heteroatoms. The molecule has 1 aliphatic heterocycles. The third-order valence-corrected chi connectivity index (χ3v) is 3.47. The Morgan fingerprint density at radius 1 is 1.47 bits per heavy atom. The van der Waals surface area contributed by atoms with Crippen LogP contribution < -0.4 is 0 Å². The van der Waals surface area contributed by atoms with Crippen molar-refractivity contribution < 1.29 is 14.7 Å². The molecule has 0 spiro atoms. The fraction of sp³-hybridized carbons (Fsp3) is 0.357. The van der Waals surface area contributed by atoms with Crippen LogP contribution in [0.5, 0.6) is 0 Å². The van der Waals surface area contributed by atoms with Gasteiger partial charge in [-0.1, -0.05) is 30.3 Å². The van der Waals surface area contributed by atoms with Gasteiger partial charge < -0.3 is 9.90 Å². The third-order valence-electron chi connectivity index (χ3n) is 3.47. The average Bonchev–Trinajstić information content (AvgIpc) is 2.77. The summed E-state index contributed by atoms with van der Waals surface area (Å²) in [4.78, 5) is 24.0. The van der Waals surface area contributed by atoms with Crippen LogP contribution in [0.15, 0.2) is 30.3 Å². The number of benzene rings is 1. The molecule has 0 aliphatic carbocycles. The normalized spacial score (nSPS) is 26.8. The van der Waals surface area contributed by atoms with Crippen molar-refractivity contribution in [1.82, 2.24) is 4.90 Å². The van der Waals surface area contributed by atoms with Gasteiger partial charge in [-0.15, -0.1) is 0 Å². The van der Waals surface area contributed by atoms with E-state index in [4.69, 9.17) is 5.26 Å². The van der Waals surface area contributed by atoms with Crippen molar-refractivity contribution in [3.8, 4) is 6.07 Å². The number of carbonyl (C=O) groups is 2. The summed E-state index contributed by atoms with van der Waals surface area (Å²) in [7, 11) is 0. The minimum Gasteiger partial charge on any atom is -0.480 e. The van der Waals surface area contributed by atoms with Gasteiger partial charge in [0.05, 0.1) is 18.0 Å². The second-order valence-electron chi connectivity index (χ2n) is 4.61. The molecule has 1 aromatic rings. The van der Waals surface area contributed by atoms with Crippen LogP contribution in [0.1, 0.15) is 12.0 Å². The van der Waals surface area contributed by atoms with Gasteiger partial charge >= 0.3 is 5.97 Å².